The van der Waals surface area contributed by atoms with Crippen molar-refractivity contribution < 1.29 is 0 Å². The van der Waals surface area contributed by atoms with E-state index in [1.54, 1.807) is 0 Å². The van der Waals surface area contributed by atoms with Crippen LogP contribution in [0.4, 0.5) is 0 Å². The third-order valence-electron chi connectivity index (χ3n) is 12.5. The van der Waals surface area contributed by atoms with E-state index in [1.165, 1.54) is 111 Å². The number of nitrogens with zero attached hydrogens (tertiary/aromatic N) is 2. The van der Waals surface area contributed by atoms with Gasteiger partial charge in [-0.1, -0.05) is 125 Å². The lowest BCUT2D eigenvalue weighted by atomic mass is 9.63. The molecular formula is C50H40N2. The minimum Gasteiger partial charge on any atom is -0.309 e. The number of aromatic nitrogens is 2. The van der Waals surface area contributed by atoms with Crippen LogP contribution in [0.2, 0.25) is 0 Å². The van der Waals surface area contributed by atoms with Gasteiger partial charge in [0.1, 0.15) is 0 Å². The van der Waals surface area contributed by atoms with Crippen molar-refractivity contribution in [3.05, 3.63) is 157 Å². The lowest BCUT2D eigenvalue weighted by molar-refractivity contribution is 0.332. The van der Waals surface area contributed by atoms with Crippen LogP contribution in [0, 0.1) is 0 Å². The maximum Gasteiger partial charge on any atom is 0.0549 e. The first kappa shape index (κ1) is 29.8. The van der Waals surface area contributed by atoms with E-state index < -0.39 is 0 Å². The van der Waals surface area contributed by atoms with Gasteiger partial charge in [-0.3, -0.25) is 0 Å². The number of hydrogen-bond acceptors (Lipinski definition) is 0. The van der Waals surface area contributed by atoms with Gasteiger partial charge in [0.25, 0.3) is 0 Å². The predicted molar refractivity (Wildman–Crippen MR) is 223 cm³/mol. The second-order valence-corrected chi connectivity index (χ2v) is 16.4. The molecule has 0 aliphatic heterocycles. The molecule has 0 fully saturated rings. The summed E-state index contributed by atoms with van der Waals surface area (Å²) in [5.41, 5.74) is 10.6. The molecule has 0 saturated carbocycles. The van der Waals surface area contributed by atoms with E-state index in [9.17, 15) is 0 Å². The summed E-state index contributed by atoms with van der Waals surface area (Å²) in [6.45, 7) is 9.80. The quantitative estimate of drug-likeness (QED) is 0.162. The first-order valence-corrected chi connectivity index (χ1v) is 18.7. The number of hydrogen-bond donors (Lipinski definition) is 0. The molecule has 0 radical (unpaired) electrons. The monoisotopic (exact) mass is 668 g/mol. The molecule has 0 unspecified atom stereocenters. The fourth-order valence-electron chi connectivity index (χ4n) is 9.77. The average molecular weight is 669 g/mol. The van der Waals surface area contributed by atoms with Crippen LogP contribution in [0.5, 0.6) is 0 Å². The molecule has 0 spiro atoms. The van der Waals surface area contributed by atoms with Crippen molar-refractivity contribution in [3.63, 3.8) is 0 Å². The summed E-state index contributed by atoms with van der Waals surface area (Å²) in [4.78, 5) is 0. The lowest BCUT2D eigenvalue weighted by Crippen LogP contribution is -2.33. The first-order valence-electron chi connectivity index (χ1n) is 18.7. The summed E-state index contributed by atoms with van der Waals surface area (Å²) in [6, 6.07) is 54.7. The maximum atomic E-state index is 2.60. The van der Waals surface area contributed by atoms with Gasteiger partial charge in [0.2, 0.25) is 0 Å². The molecule has 1 aliphatic carbocycles. The Kier molecular flexibility index (Phi) is 5.94. The van der Waals surface area contributed by atoms with Crippen LogP contribution in [-0.2, 0) is 10.8 Å². The molecule has 250 valence electrons. The molecule has 0 atom stereocenters. The van der Waals surface area contributed by atoms with Gasteiger partial charge in [-0.15, -0.1) is 0 Å². The van der Waals surface area contributed by atoms with Crippen LogP contribution in [0.25, 0.3) is 87.3 Å². The smallest absolute Gasteiger partial charge is 0.0549 e. The molecule has 52 heavy (non-hydrogen) atoms. The molecule has 2 heterocycles. The topological polar surface area (TPSA) is 9.86 Å². The number of fused-ring (bicyclic) bond motifs is 13. The highest BCUT2D eigenvalue weighted by Gasteiger charge is 2.38. The second kappa shape index (κ2) is 10.4. The Morgan fingerprint density at radius 1 is 0.385 bits per heavy atom. The highest BCUT2D eigenvalue weighted by molar-refractivity contribution is 6.33. The van der Waals surface area contributed by atoms with E-state index in [4.69, 9.17) is 0 Å². The van der Waals surface area contributed by atoms with Gasteiger partial charge >= 0.3 is 0 Å². The third kappa shape index (κ3) is 3.95. The molecule has 8 aromatic carbocycles. The van der Waals surface area contributed by atoms with Crippen molar-refractivity contribution in [2.75, 3.05) is 0 Å². The van der Waals surface area contributed by atoms with Crippen molar-refractivity contribution in [2.24, 2.45) is 0 Å². The molecule has 0 N–H and O–H groups in total. The molecule has 11 rings (SSSR count). The Labute approximate surface area is 303 Å². The van der Waals surface area contributed by atoms with Crippen molar-refractivity contribution in [3.8, 4) is 11.4 Å². The highest BCUT2D eigenvalue weighted by atomic mass is 15.0. The van der Waals surface area contributed by atoms with E-state index in [-0.39, 0.29) is 10.8 Å². The first-order chi connectivity index (χ1) is 25.3. The summed E-state index contributed by atoms with van der Waals surface area (Å²) in [7, 11) is 0. The molecule has 0 amide bonds. The minimum absolute atomic E-state index is 0.0840. The van der Waals surface area contributed by atoms with E-state index in [0.29, 0.717) is 0 Å². The SMILES string of the molecule is CC1(C)CCC(C)(C)c2cc3c(cc21)c1c2c4c5ccccc5ccc4n(-c4ccccc4)c2ccc1n3-c1cc2ccccc2c2ccccc12. The Morgan fingerprint density at radius 3 is 1.67 bits per heavy atom. The number of para-hydroxylation sites is 1. The number of rotatable bonds is 2. The van der Waals surface area contributed by atoms with E-state index >= 15 is 0 Å². The molecule has 2 heteroatoms. The molecule has 2 nitrogen and oxygen atoms in total. The van der Waals surface area contributed by atoms with Crippen LogP contribution >= 0.6 is 0 Å². The normalized spacial score (nSPS) is 15.5. The molecule has 2 aromatic heterocycles. The van der Waals surface area contributed by atoms with Crippen LogP contribution < -0.4 is 0 Å². The largest absolute Gasteiger partial charge is 0.309 e. The maximum absolute atomic E-state index is 2.60. The second-order valence-electron chi connectivity index (χ2n) is 16.4. The Bertz CT molecular complexity index is 3110. The van der Waals surface area contributed by atoms with Gasteiger partial charge in [-0.05, 0) is 110 Å². The zero-order valence-electron chi connectivity index (χ0n) is 30.2. The van der Waals surface area contributed by atoms with Gasteiger partial charge in [-0.25, -0.2) is 0 Å². The predicted octanol–water partition coefficient (Wildman–Crippen LogP) is 13.7. The Balaban J connectivity index is 1.42. The zero-order chi connectivity index (χ0) is 34.9. The van der Waals surface area contributed by atoms with Crippen molar-refractivity contribution in [1.82, 2.24) is 9.13 Å². The van der Waals surface area contributed by atoms with Crippen molar-refractivity contribution in [1.29, 1.82) is 0 Å². The lowest BCUT2D eigenvalue weighted by Gasteiger charge is -2.42. The summed E-state index contributed by atoms with van der Waals surface area (Å²) in [5.74, 6) is 0. The zero-order valence-corrected chi connectivity index (χ0v) is 30.2. The Hall–Kier alpha value is -5.86. The summed E-state index contributed by atoms with van der Waals surface area (Å²) in [5, 5.41) is 13.0. The molecule has 0 bridgehead atoms. The van der Waals surface area contributed by atoms with Crippen LogP contribution in [0.3, 0.4) is 0 Å². The van der Waals surface area contributed by atoms with Crippen LogP contribution in [-0.4, -0.2) is 9.13 Å². The molecule has 1 aliphatic rings. The van der Waals surface area contributed by atoms with Crippen LogP contribution in [0.1, 0.15) is 51.7 Å². The summed E-state index contributed by atoms with van der Waals surface area (Å²) in [6.07, 6.45) is 2.36. The Morgan fingerprint density at radius 2 is 0.923 bits per heavy atom. The fourth-order valence-corrected chi connectivity index (χ4v) is 9.77. The van der Waals surface area contributed by atoms with E-state index in [0.717, 1.165) is 0 Å². The highest BCUT2D eigenvalue weighted by Crippen LogP contribution is 2.51. The van der Waals surface area contributed by atoms with Gasteiger partial charge in [0, 0.05) is 32.6 Å². The van der Waals surface area contributed by atoms with Crippen LogP contribution in [0.15, 0.2) is 146 Å². The van der Waals surface area contributed by atoms with Gasteiger partial charge < -0.3 is 9.13 Å². The van der Waals surface area contributed by atoms with E-state index in [2.05, 4.69) is 182 Å². The van der Waals surface area contributed by atoms with Gasteiger partial charge in [0.15, 0.2) is 0 Å². The van der Waals surface area contributed by atoms with Gasteiger partial charge in [-0.2, -0.15) is 0 Å². The average Bonchev–Trinajstić information content (AvgIpc) is 3.69. The summed E-state index contributed by atoms with van der Waals surface area (Å²) < 4.78 is 5.09. The van der Waals surface area contributed by atoms with Crippen molar-refractivity contribution in [2.45, 2.75) is 51.4 Å². The summed E-state index contributed by atoms with van der Waals surface area (Å²) >= 11 is 0. The fraction of sp³-hybridized carbons (Fsp3) is 0.160. The standard InChI is InChI=1S/C50H40N2/c1-49(2)26-27-50(3,4)40-30-45-38(29-39(40)49)47-42(52(45)44-28-32-15-9-10-18-34(32)36-20-12-13-21-37(36)44)24-25-43-48(47)46-35-19-11-8-14-31(35)22-23-41(46)51(43)33-16-6-5-7-17-33/h5-25,28-30H,26-27H2,1-4H3. The van der Waals surface area contributed by atoms with Gasteiger partial charge in [0.05, 0.1) is 27.8 Å². The van der Waals surface area contributed by atoms with E-state index in [1.807, 2.05) is 0 Å². The number of benzene rings is 8. The minimum atomic E-state index is 0.0840. The molecule has 0 saturated heterocycles. The van der Waals surface area contributed by atoms with Crippen molar-refractivity contribution >= 4 is 75.9 Å². The molecular weight excluding hydrogens is 629 g/mol. The molecule has 10 aromatic rings. The third-order valence-corrected chi connectivity index (χ3v) is 12.5.